The summed E-state index contributed by atoms with van der Waals surface area (Å²) in [5, 5.41) is 2.72. The van der Waals surface area contributed by atoms with Crippen LogP contribution in [0.3, 0.4) is 0 Å². The monoisotopic (exact) mass is 458 g/mol. The Bertz CT molecular complexity index is 985. The van der Waals surface area contributed by atoms with Gasteiger partial charge >= 0.3 is 5.97 Å². The molecule has 1 heterocycles. The van der Waals surface area contributed by atoms with Gasteiger partial charge in [-0.25, -0.2) is 4.79 Å². The van der Waals surface area contributed by atoms with Gasteiger partial charge in [0, 0.05) is 23.0 Å². The molecule has 0 spiro atoms. The van der Waals surface area contributed by atoms with Gasteiger partial charge < -0.3 is 10.1 Å². The van der Waals surface area contributed by atoms with E-state index < -0.39 is 18.5 Å². The minimum Gasteiger partial charge on any atom is -0.452 e. The summed E-state index contributed by atoms with van der Waals surface area (Å²) in [6.45, 7) is 3.39. The molecule has 0 aliphatic carbocycles. The van der Waals surface area contributed by atoms with Crippen LogP contribution in [0.4, 0.5) is 11.4 Å². The number of nitrogens with zero attached hydrogens (tertiary/aromatic N) is 1. The fourth-order valence-electron chi connectivity index (χ4n) is 2.93. The molecular weight excluding hydrogens is 440 g/mol. The van der Waals surface area contributed by atoms with E-state index in [0.29, 0.717) is 11.4 Å². The van der Waals surface area contributed by atoms with Crippen molar-refractivity contribution in [3.05, 3.63) is 57.6 Å². The van der Waals surface area contributed by atoms with Gasteiger partial charge in [0.1, 0.15) is 0 Å². The van der Waals surface area contributed by atoms with Gasteiger partial charge in [0.25, 0.3) is 5.91 Å². The van der Waals surface area contributed by atoms with E-state index in [9.17, 15) is 19.2 Å². The Morgan fingerprint density at radius 3 is 2.24 bits per heavy atom. The van der Waals surface area contributed by atoms with E-state index in [0.717, 1.165) is 20.5 Å². The van der Waals surface area contributed by atoms with E-state index in [1.807, 2.05) is 19.9 Å². The summed E-state index contributed by atoms with van der Waals surface area (Å²) >= 11 is 3.43. The number of imide groups is 1. The second-order valence-electron chi connectivity index (χ2n) is 6.64. The highest BCUT2D eigenvalue weighted by Crippen LogP contribution is 2.26. The molecule has 1 aliphatic heterocycles. The van der Waals surface area contributed by atoms with Crippen LogP contribution in [0.15, 0.2) is 40.9 Å². The zero-order chi connectivity index (χ0) is 21.1. The molecule has 0 bridgehead atoms. The first-order valence-corrected chi connectivity index (χ1v) is 9.75. The molecule has 7 nitrogen and oxygen atoms in total. The maximum absolute atomic E-state index is 12.2. The van der Waals surface area contributed by atoms with Gasteiger partial charge in [-0.2, -0.15) is 0 Å². The van der Waals surface area contributed by atoms with Crippen LogP contribution in [0.25, 0.3) is 0 Å². The molecule has 1 fully saturated rings. The lowest BCUT2D eigenvalue weighted by molar-refractivity contribution is -0.121. The average molecular weight is 459 g/mol. The van der Waals surface area contributed by atoms with Crippen molar-refractivity contribution in [2.45, 2.75) is 26.7 Å². The van der Waals surface area contributed by atoms with Crippen LogP contribution in [-0.4, -0.2) is 30.3 Å². The Balaban J connectivity index is 1.58. The summed E-state index contributed by atoms with van der Waals surface area (Å²) in [6, 6.07) is 9.53. The molecule has 0 atom stereocenters. The molecule has 1 aliphatic rings. The van der Waals surface area contributed by atoms with Crippen LogP contribution in [0.5, 0.6) is 0 Å². The molecular formula is C21H19BrN2O5. The van der Waals surface area contributed by atoms with Crippen molar-refractivity contribution >= 4 is 51.0 Å². The van der Waals surface area contributed by atoms with Crippen LogP contribution in [0.2, 0.25) is 0 Å². The Morgan fingerprint density at radius 2 is 1.62 bits per heavy atom. The first-order chi connectivity index (χ1) is 13.8. The Kier molecular flexibility index (Phi) is 6.12. The van der Waals surface area contributed by atoms with E-state index in [2.05, 4.69) is 21.2 Å². The largest absolute Gasteiger partial charge is 0.452 e. The number of halogens is 1. The molecule has 2 aromatic rings. The molecule has 0 unspecified atom stereocenters. The standard InChI is InChI=1S/C21H19BrN2O5/c1-12-13(2)17(8-7-16(12)22)23-18(25)11-29-21(28)14-3-5-15(6-4-14)24-19(26)9-10-20(24)27/h3-8H,9-11H2,1-2H3,(H,23,25). The number of carbonyl (C=O) groups is 4. The molecule has 0 saturated carbocycles. The first-order valence-electron chi connectivity index (χ1n) is 8.96. The van der Waals surface area contributed by atoms with Crippen molar-refractivity contribution in [3.8, 4) is 0 Å². The van der Waals surface area contributed by atoms with Crippen LogP contribution >= 0.6 is 15.9 Å². The van der Waals surface area contributed by atoms with Gasteiger partial charge in [-0.3, -0.25) is 19.3 Å². The highest BCUT2D eigenvalue weighted by Gasteiger charge is 2.30. The Labute approximate surface area is 176 Å². The predicted molar refractivity (Wildman–Crippen MR) is 111 cm³/mol. The number of nitrogens with one attached hydrogen (secondary N) is 1. The molecule has 0 aromatic heterocycles. The highest BCUT2D eigenvalue weighted by molar-refractivity contribution is 9.10. The summed E-state index contributed by atoms with van der Waals surface area (Å²) in [7, 11) is 0. The maximum Gasteiger partial charge on any atom is 0.338 e. The number of amides is 3. The number of rotatable bonds is 5. The lowest BCUT2D eigenvalue weighted by Crippen LogP contribution is -2.28. The summed E-state index contributed by atoms with van der Waals surface area (Å²) in [5.74, 6) is -1.65. The SMILES string of the molecule is Cc1c(Br)ccc(NC(=O)COC(=O)c2ccc(N3C(=O)CCC3=O)cc2)c1C. The van der Waals surface area contributed by atoms with Crippen LogP contribution in [0.1, 0.15) is 34.3 Å². The molecule has 2 aromatic carbocycles. The Hall–Kier alpha value is -3.00. The molecule has 0 radical (unpaired) electrons. The number of ether oxygens (including phenoxy) is 1. The molecule has 150 valence electrons. The molecule has 1 N–H and O–H groups in total. The topological polar surface area (TPSA) is 92.8 Å². The lowest BCUT2D eigenvalue weighted by Gasteiger charge is -2.14. The van der Waals surface area contributed by atoms with E-state index in [1.165, 1.54) is 24.3 Å². The fraction of sp³-hybridized carbons (Fsp3) is 0.238. The number of benzene rings is 2. The second kappa shape index (κ2) is 8.57. The fourth-order valence-corrected chi connectivity index (χ4v) is 3.36. The van der Waals surface area contributed by atoms with Gasteiger partial charge in [-0.15, -0.1) is 0 Å². The smallest absolute Gasteiger partial charge is 0.338 e. The Morgan fingerprint density at radius 1 is 1.00 bits per heavy atom. The van der Waals surface area contributed by atoms with E-state index in [4.69, 9.17) is 4.74 Å². The minimum atomic E-state index is -0.672. The van der Waals surface area contributed by atoms with Crippen molar-refractivity contribution in [1.82, 2.24) is 0 Å². The van der Waals surface area contributed by atoms with Crippen LogP contribution in [0, 0.1) is 13.8 Å². The van der Waals surface area contributed by atoms with Crippen molar-refractivity contribution in [2.75, 3.05) is 16.8 Å². The van der Waals surface area contributed by atoms with Crippen LogP contribution < -0.4 is 10.2 Å². The van der Waals surface area contributed by atoms with Gasteiger partial charge in [-0.1, -0.05) is 15.9 Å². The first kappa shape index (κ1) is 20.7. The summed E-state index contributed by atoms with van der Waals surface area (Å²) in [5.41, 5.74) is 3.20. The zero-order valence-corrected chi connectivity index (χ0v) is 17.5. The molecule has 29 heavy (non-hydrogen) atoms. The normalized spacial score (nSPS) is 13.6. The number of carbonyl (C=O) groups excluding carboxylic acids is 4. The van der Waals surface area contributed by atoms with E-state index in [1.54, 1.807) is 6.07 Å². The van der Waals surface area contributed by atoms with E-state index >= 15 is 0 Å². The molecule has 3 amide bonds. The predicted octanol–water partition coefficient (Wildman–Crippen LogP) is 3.51. The number of esters is 1. The number of anilines is 2. The average Bonchev–Trinajstić information content (AvgIpc) is 3.05. The molecule has 8 heteroatoms. The van der Waals surface area contributed by atoms with Crippen molar-refractivity contribution in [2.24, 2.45) is 0 Å². The van der Waals surface area contributed by atoms with E-state index in [-0.39, 0.29) is 30.2 Å². The zero-order valence-electron chi connectivity index (χ0n) is 16.0. The third-order valence-corrected chi connectivity index (χ3v) is 5.60. The van der Waals surface area contributed by atoms with Crippen molar-refractivity contribution in [3.63, 3.8) is 0 Å². The number of hydrogen-bond acceptors (Lipinski definition) is 5. The molecule has 3 rings (SSSR count). The summed E-state index contributed by atoms with van der Waals surface area (Å²) in [6.07, 6.45) is 0.379. The quantitative estimate of drug-likeness (QED) is 0.546. The summed E-state index contributed by atoms with van der Waals surface area (Å²) < 4.78 is 6.00. The van der Waals surface area contributed by atoms with Gasteiger partial charge in [0.05, 0.1) is 11.3 Å². The van der Waals surface area contributed by atoms with Gasteiger partial charge in [0.2, 0.25) is 11.8 Å². The molecule has 1 saturated heterocycles. The van der Waals surface area contributed by atoms with Gasteiger partial charge in [-0.05, 0) is 61.4 Å². The highest BCUT2D eigenvalue weighted by atomic mass is 79.9. The van der Waals surface area contributed by atoms with Crippen molar-refractivity contribution < 1.29 is 23.9 Å². The third-order valence-electron chi connectivity index (χ3n) is 4.74. The second-order valence-corrected chi connectivity index (χ2v) is 7.49. The minimum absolute atomic E-state index is 0.190. The maximum atomic E-state index is 12.2. The lowest BCUT2D eigenvalue weighted by atomic mass is 10.1. The summed E-state index contributed by atoms with van der Waals surface area (Å²) in [4.78, 5) is 48.9. The van der Waals surface area contributed by atoms with Crippen molar-refractivity contribution in [1.29, 1.82) is 0 Å². The number of hydrogen-bond donors (Lipinski definition) is 1. The van der Waals surface area contributed by atoms with Gasteiger partial charge in [0.15, 0.2) is 6.61 Å². The third kappa shape index (κ3) is 4.54. The van der Waals surface area contributed by atoms with Crippen LogP contribution in [-0.2, 0) is 19.1 Å².